The quantitative estimate of drug-likeness (QED) is 0.757. The van der Waals surface area contributed by atoms with E-state index in [1.165, 1.54) is 6.26 Å². The second-order valence-electron chi connectivity index (χ2n) is 4.52. The van der Waals surface area contributed by atoms with Crippen LogP contribution in [0.15, 0.2) is 12.0 Å². The number of carbonyl (C=O) groups excluding carboxylic acids is 1. The van der Waals surface area contributed by atoms with E-state index in [2.05, 4.69) is 5.32 Å². The first-order chi connectivity index (χ1) is 8.27. The minimum atomic E-state index is -0.290. The van der Waals surface area contributed by atoms with Crippen LogP contribution in [-0.2, 0) is 14.3 Å². The van der Waals surface area contributed by atoms with E-state index in [4.69, 9.17) is 9.47 Å². The Morgan fingerprint density at radius 3 is 2.94 bits per heavy atom. The van der Waals surface area contributed by atoms with E-state index in [0.29, 0.717) is 19.8 Å². The molecule has 0 aromatic carbocycles. The number of nitrogens with one attached hydrogen (secondary N) is 1. The van der Waals surface area contributed by atoms with Gasteiger partial charge >= 0.3 is 0 Å². The Hall–Kier alpha value is -1.23. The minimum Gasteiger partial charge on any atom is -0.494 e. The maximum absolute atomic E-state index is 11.7. The Balaban J connectivity index is 1.77. The molecule has 5 nitrogen and oxygen atoms in total. The summed E-state index contributed by atoms with van der Waals surface area (Å²) >= 11 is 0. The Morgan fingerprint density at radius 2 is 2.24 bits per heavy atom. The fourth-order valence-corrected chi connectivity index (χ4v) is 2.22. The topological polar surface area (TPSA) is 67.8 Å². The summed E-state index contributed by atoms with van der Waals surface area (Å²) in [6, 6.07) is 0. The highest BCUT2D eigenvalue weighted by Crippen LogP contribution is 2.23. The number of rotatable bonds is 3. The van der Waals surface area contributed by atoms with Gasteiger partial charge in [0.1, 0.15) is 19.5 Å². The zero-order chi connectivity index (χ0) is 12.1. The molecule has 2 unspecified atom stereocenters. The number of hydrogen-bond acceptors (Lipinski definition) is 4. The smallest absolute Gasteiger partial charge is 0.289 e. The first-order valence-corrected chi connectivity index (χ1v) is 6.18. The van der Waals surface area contributed by atoms with Crippen molar-refractivity contribution in [3.05, 3.63) is 12.0 Å². The van der Waals surface area contributed by atoms with Crippen LogP contribution in [0.1, 0.15) is 25.7 Å². The predicted octanol–water partition coefficient (Wildman–Crippen LogP) is 0.542. The van der Waals surface area contributed by atoms with E-state index in [9.17, 15) is 9.90 Å². The van der Waals surface area contributed by atoms with E-state index < -0.39 is 0 Å². The lowest BCUT2D eigenvalue weighted by Crippen LogP contribution is -2.38. The van der Waals surface area contributed by atoms with Gasteiger partial charge in [-0.05, 0) is 12.8 Å². The molecule has 1 heterocycles. The maximum Gasteiger partial charge on any atom is 0.289 e. The van der Waals surface area contributed by atoms with Crippen molar-refractivity contribution in [1.29, 1.82) is 0 Å². The predicted molar refractivity (Wildman–Crippen MR) is 61.0 cm³/mol. The molecule has 2 rings (SSSR count). The molecule has 1 saturated carbocycles. The van der Waals surface area contributed by atoms with Crippen LogP contribution in [0.4, 0.5) is 0 Å². The molecule has 1 amide bonds. The first kappa shape index (κ1) is 12.2. The molecule has 1 aliphatic carbocycles. The molecule has 0 aromatic heterocycles. The lowest BCUT2D eigenvalue weighted by atomic mass is 9.86. The average molecular weight is 241 g/mol. The van der Waals surface area contributed by atoms with Crippen LogP contribution in [0, 0.1) is 5.92 Å². The Morgan fingerprint density at radius 1 is 1.41 bits per heavy atom. The molecule has 0 spiro atoms. The number of aliphatic hydroxyl groups is 1. The number of hydrogen-bond donors (Lipinski definition) is 2. The van der Waals surface area contributed by atoms with Crippen molar-refractivity contribution < 1.29 is 19.4 Å². The van der Waals surface area contributed by atoms with Crippen LogP contribution in [0.25, 0.3) is 0 Å². The Kier molecular flexibility index (Phi) is 4.25. The molecular formula is C12H19NO4. The van der Waals surface area contributed by atoms with Crippen molar-refractivity contribution in [2.45, 2.75) is 31.8 Å². The van der Waals surface area contributed by atoms with E-state index in [1.54, 1.807) is 0 Å². The zero-order valence-corrected chi connectivity index (χ0v) is 9.85. The second-order valence-corrected chi connectivity index (χ2v) is 4.52. The molecular weight excluding hydrogens is 222 g/mol. The van der Waals surface area contributed by atoms with E-state index >= 15 is 0 Å². The average Bonchev–Trinajstić information content (AvgIpc) is 2.38. The molecule has 5 heteroatoms. The van der Waals surface area contributed by atoms with Gasteiger partial charge in [0, 0.05) is 12.5 Å². The van der Waals surface area contributed by atoms with Crippen molar-refractivity contribution in [3.63, 3.8) is 0 Å². The van der Waals surface area contributed by atoms with Gasteiger partial charge < -0.3 is 19.9 Å². The zero-order valence-electron chi connectivity index (χ0n) is 9.85. The third-order valence-electron chi connectivity index (χ3n) is 3.27. The van der Waals surface area contributed by atoms with Gasteiger partial charge in [-0.2, -0.15) is 0 Å². The third-order valence-corrected chi connectivity index (χ3v) is 3.27. The number of carbonyl (C=O) groups is 1. The summed E-state index contributed by atoms with van der Waals surface area (Å²) in [6.07, 6.45) is 5.06. The van der Waals surface area contributed by atoms with Crippen LogP contribution in [0.2, 0.25) is 0 Å². The molecule has 1 fully saturated rings. The van der Waals surface area contributed by atoms with Gasteiger partial charge in [-0.3, -0.25) is 4.79 Å². The molecule has 17 heavy (non-hydrogen) atoms. The Labute approximate surface area is 101 Å². The molecule has 2 aliphatic rings. The first-order valence-electron chi connectivity index (χ1n) is 6.18. The largest absolute Gasteiger partial charge is 0.494 e. The van der Waals surface area contributed by atoms with Crippen LogP contribution in [-0.4, -0.2) is 36.9 Å². The molecule has 1 aliphatic heterocycles. The van der Waals surface area contributed by atoms with E-state index in [0.717, 1.165) is 25.7 Å². The lowest BCUT2D eigenvalue weighted by molar-refractivity contribution is -0.122. The highest BCUT2D eigenvalue weighted by atomic mass is 16.6. The van der Waals surface area contributed by atoms with Crippen molar-refractivity contribution in [3.8, 4) is 0 Å². The van der Waals surface area contributed by atoms with Crippen LogP contribution in [0.5, 0.6) is 0 Å². The normalized spacial score (nSPS) is 28.6. The second kappa shape index (κ2) is 5.91. The monoisotopic (exact) mass is 241 g/mol. The van der Waals surface area contributed by atoms with Gasteiger partial charge in [0.2, 0.25) is 5.76 Å². The van der Waals surface area contributed by atoms with Crippen molar-refractivity contribution in [2.75, 3.05) is 19.8 Å². The minimum absolute atomic E-state index is 0.165. The lowest BCUT2D eigenvalue weighted by Gasteiger charge is -2.27. The van der Waals surface area contributed by atoms with Gasteiger partial charge in [-0.1, -0.05) is 12.8 Å². The number of aliphatic hydroxyl groups excluding tert-OH is 1. The van der Waals surface area contributed by atoms with E-state index in [1.807, 2.05) is 0 Å². The van der Waals surface area contributed by atoms with Gasteiger partial charge in [-0.25, -0.2) is 0 Å². The SMILES string of the molecule is O=C(NCC1CCCCC1O)C1=COCCO1. The Bertz CT molecular complexity index is 303. The van der Waals surface area contributed by atoms with Crippen LogP contribution < -0.4 is 5.32 Å². The summed E-state index contributed by atoms with van der Waals surface area (Å²) in [6.45, 7) is 1.39. The summed E-state index contributed by atoms with van der Waals surface area (Å²) in [5, 5.41) is 12.6. The molecule has 0 radical (unpaired) electrons. The van der Waals surface area contributed by atoms with Gasteiger partial charge in [0.15, 0.2) is 0 Å². The standard InChI is InChI=1S/C12H19NO4/c14-10-4-2-1-3-9(10)7-13-12(15)11-8-16-5-6-17-11/h8-10,14H,1-7H2,(H,13,15). The molecule has 96 valence electrons. The summed E-state index contributed by atoms with van der Waals surface area (Å²) in [5.74, 6) is 0.127. The molecule has 0 saturated heterocycles. The molecule has 2 atom stereocenters. The van der Waals surface area contributed by atoms with Gasteiger partial charge in [0.25, 0.3) is 5.91 Å². The summed E-state index contributed by atoms with van der Waals surface area (Å²) < 4.78 is 10.2. The highest BCUT2D eigenvalue weighted by molar-refractivity contribution is 5.91. The van der Waals surface area contributed by atoms with Crippen LogP contribution >= 0.6 is 0 Å². The van der Waals surface area contributed by atoms with E-state index in [-0.39, 0.29) is 23.7 Å². The van der Waals surface area contributed by atoms with Crippen molar-refractivity contribution >= 4 is 5.91 Å². The van der Waals surface area contributed by atoms with Gasteiger partial charge in [0.05, 0.1) is 6.10 Å². The third kappa shape index (κ3) is 3.36. The van der Waals surface area contributed by atoms with Gasteiger partial charge in [-0.15, -0.1) is 0 Å². The molecule has 0 bridgehead atoms. The number of amides is 1. The fourth-order valence-electron chi connectivity index (χ4n) is 2.22. The maximum atomic E-state index is 11.7. The molecule has 0 aromatic rings. The summed E-state index contributed by atoms with van der Waals surface area (Å²) in [4.78, 5) is 11.7. The fraction of sp³-hybridized carbons (Fsp3) is 0.750. The number of ether oxygens (including phenoxy) is 2. The van der Waals surface area contributed by atoms with Crippen molar-refractivity contribution in [1.82, 2.24) is 5.32 Å². The summed E-state index contributed by atoms with van der Waals surface area (Å²) in [7, 11) is 0. The summed E-state index contributed by atoms with van der Waals surface area (Å²) in [5.41, 5.74) is 0. The highest BCUT2D eigenvalue weighted by Gasteiger charge is 2.24. The van der Waals surface area contributed by atoms with Crippen LogP contribution in [0.3, 0.4) is 0 Å². The molecule has 2 N–H and O–H groups in total. The van der Waals surface area contributed by atoms with Crippen molar-refractivity contribution in [2.24, 2.45) is 5.92 Å².